The van der Waals surface area contributed by atoms with E-state index in [2.05, 4.69) is 5.32 Å². The molecule has 1 aliphatic carbocycles. The Kier molecular flexibility index (Phi) is 3.14. The van der Waals surface area contributed by atoms with Gasteiger partial charge in [-0.3, -0.25) is 0 Å². The fourth-order valence-electron chi connectivity index (χ4n) is 2.22. The third-order valence-corrected chi connectivity index (χ3v) is 3.49. The summed E-state index contributed by atoms with van der Waals surface area (Å²) < 4.78 is 5.11. The molecule has 0 unspecified atom stereocenters. The maximum Gasteiger partial charge on any atom is 0.317 e. The third kappa shape index (κ3) is 2.62. The molecule has 1 saturated heterocycles. The Bertz CT molecular complexity index is 239. The minimum atomic E-state index is 0.116. The number of nitrogens with one attached hydrogen (secondary N) is 1. The molecule has 0 atom stereocenters. The van der Waals surface area contributed by atoms with E-state index in [1.54, 1.807) is 7.11 Å². The second-order valence-corrected chi connectivity index (χ2v) is 4.75. The van der Waals surface area contributed by atoms with E-state index in [9.17, 15) is 4.79 Å². The van der Waals surface area contributed by atoms with Crippen LogP contribution >= 0.6 is 0 Å². The van der Waals surface area contributed by atoms with Gasteiger partial charge in [0.2, 0.25) is 0 Å². The van der Waals surface area contributed by atoms with Gasteiger partial charge in [-0.1, -0.05) is 0 Å². The van der Waals surface area contributed by atoms with E-state index in [0.29, 0.717) is 5.41 Å². The molecule has 0 aromatic heterocycles. The molecule has 2 aliphatic rings. The molecule has 0 aromatic rings. The zero-order valence-corrected chi connectivity index (χ0v) is 9.42. The highest BCUT2D eigenvalue weighted by Gasteiger charge is 2.44. The highest BCUT2D eigenvalue weighted by molar-refractivity contribution is 5.74. The lowest BCUT2D eigenvalue weighted by Crippen LogP contribution is -2.48. The molecule has 0 aromatic carbocycles. The van der Waals surface area contributed by atoms with Crippen LogP contribution in [0.4, 0.5) is 4.79 Å². The Labute approximate surface area is 91.0 Å². The second kappa shape index (κ2) is 4.39. The number of amides is 2. The molecule has 15 heavy (non-hydrogen) atoms. The first-order valence-electron chi connectivity index (χ1n) is 5.77. The summed E-state index contributed by atoms with van der Waals surface area (Å²) in [5.74, 6) is 0. The summed E-state index contributed by atoms with van der Waals surface area (Å²) >= 11 is 0. The Morgan fingerprint density at radius 2 is 2.33 bits per heavy atom. The maximum absolute atomic E-state index is 11.6. The molecule has 2 amide bonds. The van der Waals surface area contributed by atoms with Crippen molar-refractivity contribution < 1.29 is 9.53 Å². The molecule has 2 rings (SSSR count). The molecule has 0 radical (unpaired) electrons. The first-order valence-corrected chi connectivity index (χ1v) is 5.77. The number of hydrogen-bond acceptors (Lipinski definition) is 2. The van der Waals surface area contributed by atoms with Gasteiger partial charge in [0.1, 0.15) is 0 Å². The maximum atomic E-state index is 11.6. The van der Waals surface area contributed by atoms with Crippen molar-refractivity contribution in [3.63, 3.8) is 0 Å². The summed E-state index contributed by atoms with van der Waals surface area (Å²) in [5.41, 5.74) is 0.380. The van der Waals surface area contributed by atoms with Crippen molar-refractivity contribution in [2.45, 2.75) is 25.7 Å². The Hall–Kier alpha value is -0.770. The molecular weight excluding hydrogens is 192 g/mol. The zero-order chi connectivity index (χ0) is 10.7. The van der Waals surface area contributed by atoms with E-state index >= 15 is 0 Å². The van der Waals surface area contributed by atoms with Gasteiger partial charge in [0.25, 0.3) is 0 Å². The molecule has 0 spiro atoms. The zero-order valence-electron chi connectivity index (χ0n) is 9.42. The minimum Gasteiger partial charge on any atom is -0.385 e. The first kappa shape index (κ1) is 10.7. The summed E-state index contributed by atoms with van der Waals surface area (Å²) in [5, 5.41) is 2.89. The molecule has 4 heteroatoms. The number of ether oxygens (including phenoxy) is 1. The van der Waals surface area contributed by atoms with E-state index in [1.165, 1.54) is 12.8 Å². The van der Waals surface area contributed by atoms with Crippen LogP contribution in [0.25, 0.3) is 0 Å². The van der Waals surface area contributed by atoms with Crippen molar-refractivity contribution in [3.05, 3.63) is 0 Å². The number of carbonyl (C=O) groups excluding carboxylic acids is 1. The normalized spacial score (nSPS) is 23.8. The van der Waals surface area contributed by atoms with Crippen molar-refractivity contribution in [1.29, 1.82) is 0 Å². The van der Waals surface area contributed by atoms with Crippen LogP contribution < -0.4 is 5.32 Å². The average molecular weight is 212 g/mol. The quantitative estimate of drug-likeness (QED) is 0.744. The molecular formula is C11H20N2O2. The Morgan fingerprint density at radius 3 is 2.93 bits per heavy atom. The molecule has 0 bridgehead atoms. The molecule has 4 nitrogen and oxygen atoms in total. The van der Waals surface area contributed by atoms with Crippen molar-refractivity contribution >= 4 is 6.03 Å². The van der Waals surface area contributed by atoms with Crippen molar-refractivity contribution in [3.8, 4) is 0 Å². The van der Waals surface area contributed by atoms with Gasteiger partial charge in [0.05, 0.1) is 0 Å². The first-order chi connectivity index (χ1) is 7.26. The van der Waals surface area contributed by atoms with Gasteiger partial charge in [0.15, 0.2) is 0 Å². The average Bonchev–Trinajstić information content (AvgIpc) is 3.00. The summed E-state index contributed by atoms with van der Waals surface area (Å²) in [6, 6.07) is 0.116. The Morgan fingerprint density at radius 1 is 1.53 bits per heavy atom. The number of nitrogens with zero attached hydrogens (tertiary/aromatic N) is 1. The summed E-state index contributed by atoms with van der Waals surface area (Å²) in [6.07, 6.45) is 4.67. The van der Waals surface area contributed by atoms with Crippen LogP contribution in [0.15, 0.2) is 0 Å². The monoisotopic (exact) mass is 212 g/mol. The summed E-state index contributed by atoms with van der Waals surface area (Å²) in [4.78, 5) is 13.5. The predicted octanol–water partition coefficient (Wildman–Crippen LogP) is 1.22. The number of methoxy groups -OCH3 is 1. The molecule has 86 valence electrons. The SMILES string of the molecule is COCCC1(CN2CCCNC2=O)CC1. The fourth-order valence-corrected chi connectivity index (χ4v) is 2.22. The van der Waals surface area contributed by atoms with Crippen molar-refractivity contribution in [2.75, 3.05) is 33.4 Å². The standard InChI is InChI=1S/C11H20N2O2/c1-15-8-5-11(3-4-11)9-13-7-2-6-12-10(13)14/h2-9H2,1H3,(H,12,14). The van der Waals surface area contributed by atoms with E-state index in [-0.39, 0.29) is 6.03 Å². The van der Waals surface area contributed by atoms with Crippen LogP contribution in [0.5, 0.6) is 0 Å². The summed E-state index contributed by atoms with van der Waals surface area (Å²) in [6.45, 7) is 3.48. The van der Waals surface area contributed by atoms with Crippen LogP contribution in [0.2, 0.25) is 0 Å². The number of carbonyl (C=O) groups is 1. The minimum absolute atomic E-state index is 0.116. The van der Waals surface area contributed by atoms with Crippen molar-refractivity contribution in [1.82, 2.24) is 10.2 Å². The van der Waals surface area contributed by atoms with Crippen molar-refractivity contribution in [2.24, 2.45) is 5.41 Å². The smallest absolute Gasteiger partial charge is 0.317 e. The third-order valence-electron chi connectivity index (χ3n) is 3.49. The Balaban J connectivity index is 1.82. The van der Waals surface area contributed by atoms with E-state index in [4.69, 9.17) is 4.74 Å². The number of rotatable bonds is 5. The molecule has 1 aliphatic heterocycles. The molecule has 2 fully saturated rings. The van der Waals surface area contributed by atoms with Gasteiger partial charge in [-0.15, -0.1) is 0 Å². The fraction of sp³-hybridized carbons (Fsp3) is 0.909. The van der Waals surface area contributed by atoms with E-state index in [0.717, 1.165) is 39.1 Å². The summed E-state index contributed by atoms with van der Waals surface area (Å²) in [7, 11) is 1.74. The molecule has 1 heterocycles. The van der Waals surface area contributed by atoms with Gasteiger partial charge in [-0.05, 0) is 31.1 Å². The highest BCUT2D eigenvalue weighted by Crippen LogP contribution is 2.49. The number of hydrogen-bond donors (Lipinski definition) is 1. The lowest BCUT2D eigenvalue weighted by Gasteiger charge is -2.31. The van der Waals surface area contributed by atoms with Crippen LogP contribution in [0.3, 0.4) is 0 Å². The number of urea groups is 1. The van der Waals surface area contributed by atoms with E-state index < -0.39 is 0 Å². The lowest BCUT2D eigenvalue weighted by molar-refractivity contribution is 0.142. The topological polar surface area (TPSA) is 41.6 Å². The highest BCUT2D eigenvalue weighted by atomic mass is 16.5. The van der Waals surface area contributed by atoms with Crippen LogP contribution in [0.1, 0.15) is 25.7 Å². The molecule has 1 saturated carbocycles. The second-order valence-electron chi connectivity index (χ2n) is 4.75. The van der Waals surface area contributed by atoms with Gasteiger partial charge >= 0.3 is 6.03 Å². The van der Waals surface area contributed by atoms with E-state index in [1.807, 2.05) is 4.90 Å². The predicted molar refractivity (Wildman–Crippen MR) is 57.7 cm³/mol. The van der Waals surface area contributed by atoms with Gasteiger partial charge in [0, 0.05) is 33.4 Å². The van der Waals surface area contributed by atoms with Crippen LogP contribution in [0, 0.1) is 5.41 Å². The van der Waals surface area contributed by atoms with Gasteiger partial charge in [-0.25, -0.2) is 4.79 Å². The van der Waals surface area contributed by atoms with Gasteiger partial charge < -0.3 is 15.0 Å². The largest absolute Gasteiger partial charge is 0.385 e. The lowest BCUT2D eigenvalue weighted by atomic mass is 10.0. The van der Waals surface area contributed by atoms with Crippen LogP contribution in [-0.2, 0) is 4.74 Å². The van der Waals surface area contributed by atoms with Crippen LogP contribution in [-0.4, -0.2) is 44.3 Å². The molecule has 1 N–H and O–H groups in total. The van der Waals surface area contributed by atoms with Gasteiger partial charge in [-0.2, -0.15) is 0 Å².